The van der Waals surface area contributed by atoms with Gasteiger partial charge in [0.05, 0.1) is 15.6 Å². The monoisotopic (exact) mass is 684 g/mol. The van der Waals surface area contributed by atoms with Crippen LogP contribution in [0.2, 0.25) is 10.0 Å². The summed E-state index contributed by atoms with van der Waals surface area (Å²) in [5.74, 6) is 0.970. The van der Waals surface area contributed by atoms with Crippen molar-refractivity contribution >= 4 is 28.9 Å². The van der Waals surface area contributed by atoms with Crippen molar-refractivity contribution in [1.82, 2.24) is 15.1 Å². The van der Waals surface area contributed by atoms with Crippen molar-refractivity contribution in [2.45, 2.75) is 31.6 Å². The SMILES string of the molecule is OC(CCN1CCN(c2cccc(C(F)(F)F)c2)CC1)Oc1ccccc1Cl.OC(CCN1CCNCC1)Oc1ccccc1Cl. The predicted octanol–water partition coefficient (Wildman–Crippen LogP) is 5.60. The molecular weight excluding hydrogens is 644 g/mol. The summed E-state index contributed by atoms with van der Waals surface area (Å²) >= 11 is 12.0. The average molecular weight is 686 g/mol. The van der Waals surface area contributed by atoms with E-state index in [0.717, 1.165) is 38.8 Å². The van der Waals surface area contributed by atoms with E-state index in [4.69, 9.17) is 32.7 Å². The summed E-state index contributed by atoms with van der Waals surface area (Å²) in [7, 11) is 0. The highest BCUT2D eigenvalue weighted by Crippen LogP contribution is 2.32. The maximum Gasteiger partial charge on any atom is 0.416 e. The van der Waals surface area contributed by atoms with Gasteiger partial charge in [-0.1, -0.05) is 53.5 Å². The second-order valence-electron chi connectivity index (χ2n) is 11.1. The van der Waals surface area contributed by atoms with Crippen LogP contribution in [0.5, 0.6) is 11.5 Å². The van der Waals surface area contributed by atoms with Crippen LogP contribution in [0, 0.1) is 0 Å². The van der Waals surface area contributed by atoms with Gasteiger partial charge in [-0.2, -0.15) is 13.2 Å². The van der Waals surface area contributed by atoms with Gasteiger partial charge < -0.3 is 34.8 Å². The van der Waals surface area contributed by atoms with E-state index in [9.17, 15) is 23.4 Å². The average Bonchev–Trinajstić information content (AvgIpc) is 3.06. The van der Waals surface area contributed by atoms with E-state index in [-0.39, 0.29) is 0 Å². The molecule has 2 fully saturated rings. The van der Waals surface area contributed by atoms with Crippen LogP contribution in [0.25, 0.3) is 0 Å². The summed E-state index contributed by atoms with van der Waals surface area (Å²) in [6.07, 6.45) is -5.11. The van der Waals surface area contributed by atoms with Crippen LogP contribution >= 0.6 is 23.2 Å². The number of anilines is 1. The molecule has 3 aromatic carbocycles. The van der Waals surface area contributed by atoms with E-state index < -0.39 is 24.3 Å². The first-order valence-corrected chi connectivity index (χ1v) is 16.1. The standard InChI is InChI=1S/C20H22ClF3N2O2.C13H19ClN2O2/c21-17-6-1-2-7-18(17)28-19(27)8-9-25-10-12-26(13-11-25)16-5-3-4-15(14-16)20(22,23)24;14-11-3-1-2-4-12(11)18-13(17)5-8-16-9-6-15-7-10-16/h1-7,14,19,27H,8-13H2;1-4,13,15,17H,5-10H2. The molecular formula is C33H41Cl2F3N4O4. The number of nitrogens with zero attached hydrogens (tertiary/aromatic N) is 3. The lowest BCUT2D eigenvalue weighted by Gasteiger charge is -2.36. The minimum atomic E-state index is -4.34. The van der Waals surface area contributed by atoms with Crippen molar-refractivity contribution < 1.29 is 32.9 Å². The van der Waals surface area contributed by atoms with Crippen molar-refractivity contribution in [3.05, 3.63) is 88.4 Å². The van der Waals surface area contributed by atoms with Gasteiger partial charge in [0.25, 0.3) is 0 Å². The van der Waals surface area contributed by atoms with E-state index in [1.54, 1.807) is 42.5 Å². The smallest absolute Gasteiger partial charge is 0.416 e. The molecule has 0 aliphatic carbocycles. The normalized spacial score (nSPS) is 17.5. The summed E-state index contributed by atoms with van der Waals surface area (Å²) < 4.78 is 49.5. The Labute approximate surface area is 278 Å². The van der Waals surface area contributed by atoms with Crippen molar-refractivity contribution in [3.63, 3.8) is 0 Å². The molecule has 2 aliphatic heterocycles. The Balaban J connectivity index is 0.000000230. The van der Waals surface area contributed by atoms with Gasteiger partial charge in [0.15, 0.2) is 12.6 Å². The molecule has 0 amide bonds. The molecule has 0 spiro atoms. The third-order valence-electron chi connectivity index (χ3n) is 7.70. The zero-order chi connectivity index (χ0) is 32.9. The molecule has 252 valence electrons. The van der Waals surface area contributed by atoms with E-state index in [0.29, 0.717) is 72.8 Å². The molecule has 0 saturated carbocycles. The second kappa shape index (κ2) is 18.0. The van der Waals surface area contributed by atoms with E-state index in [2.05, 4.69) is 15.1 Å². The third kappa shape index (κ3) is 11.8. The maximum absolute atomic E-state index is 12.9. The molecule has 5 rings (SSSR count). The largest absolute Gasteiger partial charge is 0.464 e. The number of aliphatic hydroxyl groups is 2. The number of hydrogen-bond donors (Lipinski definition) is 3. The number of benzene rings is 3. The number of ether oxygens (including phenoxy) is 2. The van der Waals surface area contributed by atoms with Crippen LogP contribution in [0.1, 0.15) is 18.4 Å². The number of aliphatic hydroxyl groups excluding tert-OH is 2. The molecule has 46 heavy (non-hydrogen) atoms. The van der Waals surface area contributed by atoms with Crippen molar-refractivity contribution in [2.75, 3.05) is 70.3 Å². The molecule has 3 N–H and O–H groups in total. The topological polar surface area (TPSA) is 80.7 Å². The van der Waals surface area contributed by atoms with Gasteiger partial charge in [0, 0.05) is 84.0 Å². The van der Waals surface area contributed by atoms with E-state index in [1.165, 1.54) is 12.1 Å². The molecule has 3 aromatic rings. The Morgan fingerprint density at radius 3 is 1.70 bits per heavy atom. The number of hydrogen-bond acceptors (Lipinski definition) is 8. The number of halogens is 5. The van der Waals surface area contributed by atoms with Crippen LogP contribution in [0.15, 0.2) is 72.8 Å². The third-order valence-corrected chi connectivity index (χ3v) is 8.33. The van der Waals surface area contributed by atoms with Crippen LogP contribution in [0.3, 0.4) is 0 Å². The Hall–Kier alpha value is -2.77. The summed E-state index contributed by atoms with van der Waals surface area (Å²) in [6.45, 7) is 8.21. The fraction of sp³-hybridized carbons (Fsp3) is 0.455. The van der Waals surface area contributed by atoms with Gasteiger partial charge in [-0.05, 0) is 42.5 Å². The summed E-state index contributed by atoms with van der Waals surface area (Å²) in [4.78, 5) is 6.42. The fourth-order valence-electron chi connectivity index (χ4n) is 5.12. The first-order valence-electron chi connectivity index (χ1n) is 15.3. The number of piperazine rings is 2. The van der Waals surface area contributed by atoms with Crippen LogP contribution in [-0.2, 0) is 6.18 Å². The summed E-state index contributed by atoms with van der Waals surface area (Å²) in [5, 5.41) is 24.2. The maximum atomic E-state index is 12.9. The first-order chi connectivity index (χ1) is 22.1. The Morgan fingerprint density at radius 1 is 0.696 bits per heavy atom. The van der Waals surface area contributed by atoms with Crippen molar-refractivity contribution in [3.8, 4) is 11.5 Å². The second-order valence-corrected chi connectivity index (χ2v) is 11.9. The molecule has 0 aromatic heterocycles. The molecule has 2 aliphatic rings. The Kier molecular flexibility index (Phi) is 14.1. The van der Waals surface area contributed by atoms with Gasteiger partial charge in [0.1, 0.15) is 11.5 Å². The lowest BCUT2D eigenvalue weighted by molar-refractivity contribution is -0.137. The molecule has 0 bridgehead atoms. The molecule has 13 heteroatoms. The van der Waals surface area contributed by atoms with Gasteiger partial charge in [-0.3, -0.25) is 4.90 Å². The molecule has 2 heterocycles. The number of rotatable bonds is 11. The Bertz CT molecular complexity index is 1340. The minimum absolute atomic E-state index is 0.411. The lowest BCUT2D eigenvalue weighted by Crippen LogP contribution is -2.47. The molecule has 2 atom stereocenters. The van der Waals surface area contributed by atoms with Gasteiger partial charge in [0.2, 0.25) is 0 Å². The Morgan fingerprint density at radius 2 is 1.20 bits per heavy atom. The quantitative estimate of drug-likeness (QED) is 0.225. The highest BCUT2D eigenvalue weighted by Gasteiger charge is 2.31. The number of alkyl halides is 3. The molecule has 2 unspecified atom stereocenters. The zero-order valence-electron chi connectivity index (χ0n) is 25.5. The van der Waals surface area contributed by atoms with Gasteiger partial charge in [-0.25, -0.2) is 0 Å². The number of nitrogens with one attached hydrogen (secondary N) is 1. The minimum Gasteiger partial charge on any atom is -0.464 e. The molecule has 0 radical (unpaired) electrons. The van der Waals surface area contributed by atoms with E-state index >= 15 is 0 Å². The van der Waals surface area contributed by atoms with Crippen molar-refractivity contribution in [1.29, 1.82) is 0 Å². The summed E-state index contributed by atoms with van der Waals surface area (Å²) in [5.41, 5.74) is -0.0520. The zero-order valence-corrected chi connectivity index (χ0v) is 27.0. The van der Waals surface area contributed by atoms with Gasteiger partial charge in [-0.15, -0.1) is 0 Å². The molecule has 2 saturated heterocycles. The fourth-order valence-corrected chi connectivity index (χ4v) is 5.48. The first kappa shape index (κ1) is 36.1. The van der Waals surface area contributed by atoms with Crippen molar-refractivity contribution in [2.24, 2.45) is 0 Å². The van der Waals surface area contributed by atoms with Crippen LogP contribution in [0.4, 0.5) is 18.9 Å². The van der Waals surface area contributed by atoms with Crippen LogP contribution in [-0.4, -0.2) is 98.0 Å². The summed E-state index contributed by atoms with van der Waals surface area (Å²) in [6, 6.07) is 19.5. The van der Waals surface area contributed by atoms with Crippen LogP contribution < -0.4 is 19.7 Å². The predicted molar refractivity (Wildman–Crippen MR) is 175 cm³/mol. The highest BCUT2D eigenvalue weighted by molar-refractivity contribution is 6.32. The highest BCUT2D eigenvalue weighted by atomic mass is 35.5. The lowest BCUT2D eigenvalue weighted by atomic mass is 10.1. The van der Waals surface area contributed by atoms with Gasteiger partial charge >= 0.3 is 6.18 Å². The number of para-hydroxylation sites is 2. The molecule has 8 nitrogen and oxygen atoms in total. The van der Waals surface area contributed by atoms with E-state index in [1.807, 2.05) is 17.0 Å².